The van der Waals surface area contributed by atoms with Gasteiger partial charge in [0.15, 0.2) is 0 Å². The number of likely N-dealkylation sites (tertiary alicyclic amines) is 1. The molecular weight excluding hydrogens is 454 g/mol. The van der Waals surface area contributed by atoms with Crippen LogP contribution in [-0.2, 0) is 22.6 Å². The Hall–Kier alpha value is -4.13. The number of nitrogens with zero attached hydrogens (tertiary/aromatic N) is 3. The molecule has 1 saturated heterocycles. The summed E-state index contributed by atoms with van der Waals surface area (Å²) < 4.78 is 5.58. The first-order valence-corrected chi connectivity index (χ1v) is 12.3. The molecule has 1 aromatic heterocycles. The third-order valence-corrected chi connectivity index (χ3v) is 6.92. The predicted molar refractivity (Wildman–Crippen MR) is 138 cm³/mol. The number of benzene rings is 2. The fourth-order valence-corrected chi connectivity index (χ4v) is 5.02. The molecule has 2 aliphatic rings. The Morgan fingerprint density at radius 1 is 1.11 bits per heavy atom. The van der Waals surface area contributed by atoms with Gasteiger partial charge in [0.1, 0.15) is 11.5 Å². The fraction of sp³-hybridized carbons (Fsp3) is 0.276. The number of amides is 1. The van der Waals surface area contributed by atoms with Crippen molar-refractivity contribution in [1.82, 2.24) is 9.88 Å². The molecule has 0 saturated carbocycles. The monoisotopic (exact) mass is 483 g/mol. The minimum Gasteiger partial charge on any atom is -0.507 e. The molecule has 36 heavy (non-hydrogen) atoms. The number of pyridine rings is 1. The van der Waals surface area contributed by atoms with Crippen molar-refractivity contribution in [3.05, 3.63) is 94.8 Å². The van der Waals surface area contributed by atoms with Gasteiger partial charge in [-0.05, 0) is 66.9 Å². The largest absolute Gasteiger partial charge is 0.507 e. The number of carbonyl (C=O) groups is 2. The highest BCUT2D eigenvalue weighted by Gasteiger charge is 2.46. The van der Waals surface area contributed by atoms with Gasteiger partial charge in [-0.2, -0.15) is 0 Å². The summed E-state index contributed by atoms with van der Waals surface area (Å²) in [6.45, 7) is 6.74. The molecule has 3 heterocycles. The smallest absolute Gasteiger partial charge is 0.295 e. The lowest BCUT2D eigenvalue weighted by Gasteiger charge is -2.26. The predicted octanol–water partition coefficient (Wildman–Crippen LogP) is 4.48. The maximum absolute atomic E-state index is 13.3. The number of hydrogen-bond donors (Lipinski definition) is 1. The first-order chi connectivity index (χ1) is 17.5. The minimum atomic E-state index is -0.722. The van der Waals surface area contributed by atoms with Crippen molar-refractivity contribution in [2.45, 2.75) is 32.9 Å². The number of hydrogen-bond acceptors (Lipinski definition) is 6. The third-order valence-electron chi connectivity index (χ3n) is 6.92. The number of ketones is 1. The number of carbonyl (C=O) groups excluding carboxylic acids is 2. The highest BCUT2D eigenvalue weighted by atomic mass is 16.5. The summed E-state index contributed by atoms with van der Waals surface area (Å²) in [6.07, 6.45) is 4.08. The van der Waals surface area contributed by atoms with Crippen molar-refractivity contribution >= 4 is 23.1 Å². The van der Waals surface area contributed by atoms with Crippen LogP contribution in [0.25, 0.3) is 5.76 Å². The minimum absolute atomic E-state index is 0.0957. The Bertz CT molecular complexity index is 1310. The van der Waals surface area contributed by atoms with E-state index in [9.17, 15) is 14.7 Å². The molecule has 1 unspecified atom stereocenters. The van der Waals surface area contributed by atoms with Gasteiger partial charge in [-0.1, -0.05) is 18.2 Å². The third kappa shape index (κ3) is 4.21. The van der Waals surface area contributed by atoms with Crippen LogP contribution in [0, 0.1) is 0 Å². The highest BCUT2D eigenvalue weighted by Crippen LogP contribution is 2.41. The molecule has 7 heteroatoms. The van der Waals surface area contributed by atoms with Crippen molar-refractivity contribution in [2.75, 3.05) is 24.6 Å². The summed E-state index contributed by atoms with van der Waals surface area (Å²) in [5.41, 5.74) is 4.20. The second-order valence-corrected chi connectivity index (χ2v) is 8.97. The van der Waals surface area contributed by atoms with E-state index in [1.165, 1.54) is 4.90 Å². The lowest BCUT2D eigenvalue weighted by atomic mass is 9.94. The molecular formula is C29H29N3O4. The molecule has 0 radical (unpaired) electrons. The summed E-state index contributed by atoms with van der Waals surface area (Å²) in [5, 5.41) is 11.4. The van der Waals surface area contributed by atoms with E-state index in [2.05, 4.69) is 23.7 Å². The second-order valence-electron chi connectivity index (χ2n) is 8.97. The van der Waals surface area contributed by atoms with E-state index in [1.54, 1.807) is 30.6 Å². The number of Topliss-reactive ketones (excluding diaryl/α,β-unsaturated/α-hetero) is 1. The van der Waals surface area contributed by atoms with Crippen molar-refractivity contribution in [1.29, 1.82) is 0 Å². The van der Waals surface area contributed by atoms with E-state index < -0.39 is 17.7 Å². The number of aromatic nitrogens is 1. The molecule has 2 aliphatic heterocycles. The SMILES string of the molecule is CCN(CC)c1ccc(C2/C(=C(/O)c3ccc4c(c3)CCO4)C(=O)C(=O)N2Cc2cccnc2)cc1. The molecule has 5 rings (SSSR count). The van der Waals surface area contributed by atoms with Crippen LogP contribution >= 0.6 is 0 Å². The molecule has 0 spiro atoms. The molecule has 1 atom stereocenters. The summed E-state index contributed by atoms with van der Waals surface area (Å²) in [7, 11) is 0. The van der Waals surface area contributed by atoms with Gasteiger partial charge >= 0.3 is 0 Å². The van der Waals surface area contributed by atoms with E-state index in [1.807, 2.05) is 36.4 Å². The van der Waals surface area contributed by atoms with Crippen LogP contribution in [0.4, 0.5) is 5.69 Å². The molecule has 0 bridgehead atoms. The quantitative estimate of drug-likeness (QED) is 0.303. The lowest BCUT2D eigenvalue weighted by molar-refractivity contribution is -0.140. The topological polar surface area (TPSA) is 83.0 Å². The Labute approximate surface area is 210 Å². The average Bonchev–Trinajstić information content (AvgIpc) is 3.48. The molecule has 3 aromatic rings. The Morgan fingerprint density at radius 3 is 2.58 bits per heavy atom. The van der Waals surface area contributed by atoms with Gasteiger partial charge in [0, 0.05) is 49.7 Å². The molecule has 2 aromatic carbocycles. The zero-order valence-electron chi connectivity index (χ0n) is 20.5. The normalized spacial score (nSPS) is 18.3. The fourth-order valence-electron chi connectivity index (χ4n) is 5.02. The van der Waals surface area contributed by atoms with Gasteiger partial charge in [0.05, 0.1) is 18.2 Å². The second kappa shape index (κ2) is 9.85. The van der Waals surface area contributed by atoms with Crippen LogP contribution in [0.3, 0.4) is 0 Å². The number of fused-ring (bicyclic) bond motifs is 1. The number of rotatable bonds is 7. The van der Waals surface area contributed by atoms with Crippen LogP contribution in [0.15, 0.2) is 72.6 Å². The summed E-state index contributed by atoms with van der Waals surface area (Å²) in [6, 6.07) is 16.2. The van der Waals surface area contributed by atoms with Crippen LogP contribution in [-0.4, -0.2) is 46.4 Å². The zero-order chi connectivity index (χ0) is 25.2. The van der Waals surface area contributed by atoms with Gasteiger partial charge < -0.3 is 19.6 Å². The van der Waals surface area contributed by atoms with Crippen LogP contribution in [0.5, 0.6) is 5.75 Å². The van der Waals surface area contributed by atoms with Crippen molar-refractivity contribution in [3.63, 3.8) is 0 Å². The first-order valence-electron chi connectivity index (χ1n) is 12.3. The van der Waals surface area contributed by atoms with Gasteiger partial charge in [-0.25, -0.2) is 0 Å². The number of aliphatic hydroxyl groups excluding tert-OH is 1. The Kier molecular flexibility index (Phi) is 6.46. The van der Waals surface area contributed by atoms with Crippen molar-refractivity contribution < 1.29 is 19.4 Å². The highest BCUT2D eigenvalue weighted by molar-refractivity contribution is 6.46. The van der Waals surface area contributed by atoms with Gasteiger partial charge in [-0.3, -0.25) is 14.6 Å². The number of ether oxygens (including phenoxy) is 1. The van der Waals surface area contributed by atoms with Gasteiger partial charge in [0.25, 0.3) is 11.7 Å². The van der Waals surface area contributed by atoms with E-state index >= 15 is 0 Å². The number of anilines is 1. The zero-order valence-corrected chi connectivity index (χ0v) is 20.5. The summed E-state index contributed by atoms with van der Waals surface area (Å²) >= 11 is 0. The van der Waals surface area contributed by atoms with E-state index in [4.69, 9.17) is 4.74 Å². The summed E-state index contributed by atoms with van der Waals surface area (Å²) in [4.78, 5) is 34.5. The molecule has 1 amide bonds. The molecule has 7 nitrogen and oxygen atoms in total. The molecule has 0 aliphatic carbocycles. The van der Waals surface area contributed by atoms with Crippen molar-refractivity contribution in [3.8, 4) is 5.75 Å². The maximum Gasteiger partial charge on any atom is 0.295 e. The maximum atomic E-state index is 13.3. The molecule has 1 fully saturated rings. The van der Waals surface area contributed by atoms with E-state index in [-0.39, 0.29) is 17.9 Å². The van der Waals surface area contributed by atoms with E-state index in [0.29, 0.717) is 12.2 Å². The summed E-state index contributed by atoms with van der Waals surface area (Å²) in [5.74, 6) is -0.713. The standard InChI is InChI=1S/C29H29N3O4/c1-3-31(4-2)23-10-7-20(8-11-23)26-25(27(33)22-9-12-24-21(16-22)13-15-36-24)28(34)29(35)32(26)18-19-6-5-14-30-17-19/h5-12,14,16-17,26,33H,3-4,13,15,18H2,1-2H3/b27-25-. The van der Waals surface area contributed by atoms with Gasteiger partial charge in [0.2, 0.25) is 0 Å². The molecule has 1 N–H and O–H groups in total. The van der Waals surface area contributed by atoms with Crippen LogP contribution in [0.2, 0.25) is 0 Å². The Morgan fingerprint density at radius 2 is 1.89 bits per heavy atom. The lowest BCUT2D eigenvalue weighted by Crippen LogP contribution is -2.29. The molecule has 184 valence electrons. The van der Waals surface area contributed by atoms with E-state index in [0.717, 1.165) is 47.6 Å². The number of aliphatic hydroxyl groups is 1. The first kappa shape index (κ1) is 23.6. The van der Waals surface area contributed by atoms with Gasteiger partial charge in [-0.15, -0.1) is 0 Å². The Balaban J connectivity index is 1.61. The average molecular weight is 484 g/mol. The van der Waals surface area contributed by atoms with Crippen LogP contribution in [0.1, 0.15) is 42.1 Å². The van der Waals surface area contributed by atoms with Crippen molar-refractivity contribution in [2.24, 2.45) is 0 Å². The van der Waals surface area contributed by atoms with Crippen LogP contribution < -0.4 is 9.64 Å².